The number of nitrogens with zero attached hydrogens (tertiary/aromatic N) is 1. The Morgan fingerprint density at radius 2 is 1.90 bits per heavy atom. The fourth-order valence-electron chi connectivity index (χ4n) is 2.87. The molecule has 1 amide bonds. The van der Waals surface area contributed by atoms with Crippen LogP contribution in [0.2, 0.25) is 0 Å². The SMILES string of the molecule is CCC(=O)C1CN(C(=O)OCc2ccccc2)C[C@H]1CC. The van der Waals surface area contributed by atoms with Gasteiger partial charge in [0.1, 0.15) is 12.4 Å². The van der Waals surface area contributed by atoms with E-state index in [0.29, 0.717) is 19.5 Å². The normalized spacial score (nSPS) is 21.3. The predicted molar refractivity (Wildman–Crippen MR) is 80.8 cm³/mol. The van der Waals surface area contributed by atoms with Crippen LogP contribution < -0.4 is 0 Å². The third-order valence-corrected chi connectivity index (χ3v) is 4.19. The van der Waals surface area contributed by atoms with Crippen LogP contribution in [0.25, 0.3) is 0 Å². The summed E-state index contributed by atoms with van der Waals surface area (Å²) in [7, 11) is 0. The molecule has 1 fully saturated rings. The fourth-order valence-corrected chi connectivity index (χ4v) is 2.87. The van der Waals surface area contributed by atoms with E-state index < -0.39 is 0 Å². The van der Waals surface area contributed by atoms with E-state index in [1.807, 2.05) is 37.3 Å². The van der Waals surface area contributed by atoms with Crippen LogP contribution >= 0.6 is 0 Å². The largest absolute Gasteiger partial charge is 0.445 e. The van der Waals surface area contributed by atoms with Gasteiger partial charge >= 0.3 is 6.09 Å². The number of likely N-dealkylation sites (tertiary alicyclic amines) is 1. The number of carbonyl (C=O) groups excluding carboxylic acids is 2. The van der Waals surface area contributed by atoms with Crippen molar-refractivity contribution in [2.45, 2.75) is 33.3 Å². The second-order valence-corrected chi connectivity index (χ2v) is 5.54. The molecular weight excluding hydrogens is 266 g/mol. The van der Waals surface area contributed by atoms with Gasteiger partial charge in [-0.15, -0.1) is 0 Å². The Morgan fingerprint density at radius 1 is 1.19 bits per heavy atom. The van der Waals surface area contributed by atoms with E-state index in [1.165, 1.54) is 0 Å². The molecule has 1 aliphatic heterocycles. The number of carbonyl (C=O) groups is 2. The standard InChI is InChI=1S/C17H23NO3/c1-3-14-10-18(11-15(14)16(19)4-2)17(20)21-12-13-8-6-5-7-9-13/h5-9,14-15H,3-4,10-12H2,1-2H3/t14-,15?/m1/s1. The van der Waals surface area contributed by atoms with Crippen LogP contribution in [0, 0.1) is 11.8 Å². The van der Waals surface area contributed by atoms with Gasteiger partial charge in [-0.05, 0) is 11.5 Å². The summed E-state index contributed by atoms with van der Waals surface area (Å²) < 4.78 is 5.34. The molecule has 0 bridgehead atoms. The molecule has 1 saturated heterocycles. The van der Waals surface area contributed by atoms with Crippen LogP contribution in [0.3, 0.4) is 0 Å². The molecule has 21 heavy (non-hydrogen) atoms. The molecule has 0 radical (unpaired) electrons. The van der Waals surface area contributed by atoms with Gasteiger partial charge in [0.05, 0.1) is 0 Å². The summed E-state index contributed by atoms with van der Waals surface area (Å²) in [4.78, 5) is 25.8. The van der Waals surface area contributed by atoms with Crippen molar-refractivity contribution < 1.29 is 14.3 Å². The van der Waals surface area contributed by atoms with Crippen LogP contribution in [0.5, 0.6) is 0 Å². The van der Waals surface area contributed by atoms with E-state index in [2.05, 4.69) is 6.92 Å². The molecule has 0 spiro atoms. The Kier molecular flexibility index (Phi) is 5.37. The highest BCUT2D eigenvalue weighted by atomic mass is 16.6. The molecule has 114 valence electrons. The minimum Gasteiger partial charge on any atom is -0.445 e. The molecule has 1 unspecified atom stereocenters. The van der Waals surface area contributed by atoms with E-state index in [-0.39, 0.29) is 30.3 Å². The first-order valence-corrected chi connectivity index (χ1v) is 7.64. The third-order valence-electron chi connectivity index (χ3n) is 4.19. The highest BCUT2D eigenvalue weighted by Gasteiger charge is 2.38. The lowest BCUT2D eigenvalue weighted by Crippen LogP contribution is -2.30. The van der Waals surface area contributed by atoms with Gasteiger partial charge in [-0.3, -0.25) is 4.79 Å². The maximum Gasteiger partial charge on any atom is 0.410 e. The number of hydrogen-bond acceptors (Lipinski definition) is 3. The third kappa shape index (κ3) is 3.84. The summed E-state index contributed by atoms with van der Waals surface area (Å²) in [5, 5.41) is 0. The van der Waals surface area contributed by atoms with Gasteiger partial charge in [-0.25, -0.2) is 4.79 Å². The van der Waals surface area contributed by atoms with Crippen molar-refractivity contribution in [2.75, 3.05) is 13.1 Å². The first kappa shape index (κ1) is 15.5. The van der Waals surface area contributed by atoms with Crippen LogP contribution in [0.15, 0.2) is 30.3 Å². The fraction of sp³-hybridized carbons (Fsp3) is 0.529. The lowest BCUT2D eigenvalue weighted by Gasteiger charge is -2.16. The van der Waals surface area contributed by atoms with Gasteiger partial charge in [-0.2, -0.15) is 0 Å². The predicted octanol–water partition coefficient (Wildman–Crippen LogP) is 3.26. The van der Waals surface area contributed by atoms with E-state index >= 15 is 0 Å². The molecule has 0 saturated carbocycles. The van der Waals surface area contributed by atoms with Crippen LogP contribution in [0.4, 0.5) is 4.79 Å². The Balaban J connectivity index is 1.90. The second kappa shape index (κ2) is 7.25. The Bertz CT molecular complexity index is 486. The minimum absolute atomic E-state index is 0.0238. The second-order valence-electron chi connectivity index (χ2n) is 5.54. The molecule has 4 heteroatoms. The zero-order valence-electron chi connectivity index (χ0n) is 12.7. The van der Waals surface area contributed by atoms with E-state index in [4.69, 9.17) is 4.74 Å². The van der Waals surface area contributed by atoms with Gasteiger partial charge in [-0.1, -0.05) is 50.6 Å². The Labute approximate surface area is 126 Å². The van der Waals surface area contributed by atoms with E-state index in [1.54, 1.807) is 4.90 Å². The average molecular weight is 289 g/mol. The number of ether oxygens (including phenoxy) is 1. The van der Waals surface area contributed by atoms with Crippen LogP contribution in [0.1, 0.15) is 32.3 Å². The first-order valence-electron chi connectivity index (χ1n) is 7.64. The van der Waals surface area contributed by atoms with Crippen molar-refractivity contribution in [2.24, 2.45) is 11.8 Å². The topological polar surface area (TPSA) is 46.6 Å². The summed E-state index contributed by atoms with van der Waals surface area (Å²) >= 11 is 0. The molecule has 1 aromatic rings. The summed E-state index contributed by atoms with van der Waals surface area (Å²) in [5.41, 5.74) is 0.971. The highest BCUT2D eigenvalue weighted by molar-refractivity contribution is 5.82. The van der Waals surface area contributed by atoms with Crippen molar-refractivity contribution >= 4 is 11.9 Å². The number of amides is 1. The molecule has 0 aromatic heterocycles. The molecule has 2 rings (SSSR count). The Morgan fingerprint density at radius 3 is 2.52 bits per heavy atom. The number of benzene rings is 1. The van der Waals surface area contributed by atoms with E-state index in [9.17, 15) is 9.59 Å². The van der Waals surface area contributed by atoms with Crippen molar-refractivity contribution in [3.05, 3.63) is 35.9 Å². The lowest BCUT2D eigenvalue weighted by molar-refractivity contribution is -0.123. The van der Waals surface area contributed by atoms with Gasteiger partial charge in [0.15, 0.2) is 0 Å². The Hall–Kier alpha value is -1.84. The van der Waals surface area contributed by atoms with Gasteiger partial charge in [0, 0.05) is 25.4 Å². The zero-order valence-corrected chi connectivity index (χ0v) is 12.7. The molecule has 1 aromatic carbocycles. The van der Waals surface area contributed by atoms with Crippen molar-refractivity contribution in [1.29, 1.82) is 0 Å². The monoisotopic (exact) mass is 289 g/mol. The number of ketones is 1. The van der Waals surface area contributed by atoms with Gasteiger partial charge in [0.25, 0.3) is 0 Å². The summed E-state index contributed by atoms with van der Waals surface area (Å²) in [6, 6.07) is 9.62. The molecule has 0 aliphatic carbocycles. The first-order chi connectivity index (χ1) is 10.2. The summed E-state index contributed by atoms with van der Waals surface area (Å²) in [6.07, 6.45) is 1.14. The zero-order chi connectivity index (χ0) is 15.2. The molecule has 2 atom stereocenters. The molecule has 4 nitrogen and oxygen atoms in total. The smallest absolute Gasteiger partial charge is 0.410 e. The van der Waals surface area contributed by atoms with Crippen LogP contribution in [-0.4, -0.2) is 29.9 Å². The minimum atomic E-state index is -0.316. The number of rotatable bonds is 5. The number of Topliss-reactive ketones (excluding diaryl/α,β-unsaturated/α-hetero) is 1. The average Bonchev–Trinajstić information content (AvgIpc) is 2.97. The highest BCUT2D eigenvalue weighted by Crippen LogP contribution is 2.28. The molecule has 1 aliphatic rings. The van der Waals surface area contributed by atoms with Gasteiger partial charge in [0.2, 0.25) is 0 Å². The van der Waals surface area contributed by atoms with Gasteiger partial charge < -0.3 is 9.64 Å². The molecular formula is C17H23NO3. The summed E-state index contributed by atoms with van der Waals surface area (Å²) in [6.45, 7) is 5.35. The quantitative estimate of drug-likeness (QED) is 0.836. The molecule has 1 heterocycles. The maximum atomic E-state index is 12.1. The molecule has 0 N–H and O–H groups in total. The number of hydrogen-bond donors (Lipinski definition) is 0. The van der Waals surface area contributed by atoms with Crippen LogP contribution in [-0.2, 0) is 16.1 Å². The van der Waals surface area contributed by atoms with Crippen molar-refractivity contribution in [3.63, 3.8) is 0 Å². The maximum absolute atomic E-state index is 12.1. The van der Waals surface area contributed by atoms with Crippen molar-refractivity contribution in [1.82, 2.24) is 4.90 Å². The van der Waals surface area contributed by atoms with Crippen molar-refractivity contribution in [3.8, 4) is 0 Å². The lowest BCUT2D eigenvalue weighted by atomic mass is 9.89. The summed E-state index contributed by atoms with van der Waals surface area (Å²) in [5.74, 6) is 0.492. The van der Waals surface area contributed by atoms with E-state index in [0.717, 1.165) is 12.0 Å².